The summed E-state index contributed by atoms with van der Waals surface area (Å²) in [6, 6.07) is 38.1. The molecule has 0 amide bonds. The fraction of sp³-hybridized carbons (Fsp3) is 0.143. The predicted molar refractivity (Wildman–Crippen MR) is 215 cm³/mol. The van der Waals surface area contributed by atoms with Crippen LogP contribution in [0.5, 0.6) is 0 Å². The molecule has 9 nitrogen and oxygen atoms in total. The van der Waals surface area contributed by atoms with E-state index in [4.69, 9.17) is 11.6 Å². The van der Waals surface area contributed by atoms with Crippen molar-refractivity contribution in [1.82, 2.24) is 0 Å². The maximum absolute atomic E-state index is 13.5. The smallest absolute Gasteiger partial charge is 0.225 e. The second-order valence-corrected chi connectivity index (χ2v) is 12.3. The van der Waals surface area contributed by atoms with E-state index in [1.807, 2.05) is 199 Å². The van der Waals surface area contributed by atoms with Crippen molar-refractivity contribution in [3.05, 3.63) is 180 Å². The van der Waals surface area contributed by atoms with Gasteiger partial charge in [0.15, 0.2) is 31.0 Å². The highest BCUT2D eigenvalue weighted by molar-refractivity contribution is 6.30. The van der Waals surface area contributed by atoms with Crippen molar-refractivity contribution in [3.63, 3.8) is 0 Å². The van der Waals surface area contributed by atoms with Crippen molar-refractivity contribution >= 4 is 47.3 Å². The van der Waals surface area contributed by atoms with Gasteiger partial charge in [-0.25, -0.2) is 18.1 Å². The fourth-order valence-corrected chi connectivity index (χ4v) is 4.66. The first-order chi connectivity index (χ1) is 25.6. The van der Waals surface area contributed by atoms with E-state index in [1.165, 1.54) is 11.1 Å². The van der Waals surface area contributed by atoms with Crippen LogP contribution >= 0.6 is 11.6 Å². The van der Waals surface area contributed by atoms with Crippen molar-refractivity contribution in [3.8, 4) is 0 Å². The zero-order valence-electron chi connectivity index (χ0n) is 30.9. The van der Waals surface area contributed by atoms with Crippen LogP contribution < -0.4 is 28.7 Å². The molecule has 3 heterocycles. The van der Waals surface area contributed by atoms with Crippen molar-refractivity contribution in [2.75, 3.05) is 36.2 Å². The van der Waals surface area contributed by atoms with Gasteiger partial charge in [0.05, 0.1) is 29.5 Å². The highest BCUT2D eigenvalue weighted by Gasteiger charge is 2.05. The molecule has 0 aliphatic rings. The number of rotatable bonds is 9. The second-order valence-electron chi connectivity index (χ2n) is 11.9. The maximum Gasteiger partial charge on any atom is 0.225 e. The van der Waals surface area contributed by atoms with Crippen LogP contribution in [0, 0.1) is 5.82 Å². The summed E-state index contributed by atoms with van der Waals surface area (Å²) in [6.45, 7) is 0. The van der Waals surface area contributed by atoms with Crippen LogP contribution in [-0.4, -0.2) is 39.8 Å². The number of pyridine rings is 3. The van der Waals surface area contributed by atoms with E-state index in [9.17, 15) is 4.39 Å². The van der Waals surface area contributed by atoms with E-state index in [1.54, 1.807) is 31.5 Å². The van der Waals surface area contributed by atoms with Gasteiger partial charge in [0, 0.05) is 73.7 Å². The third-order valence-electron chi connectivity index (χ3n) is 7.76. The molecule has 6 rings (SSSR count). The number of benzene rings is 3. The largest absolute Gasteiger partial charge is 0.269 e. The summed E-state index contributed by atoms with van der Waals surface area (Å²) < 4.78 is 19.5. The SMILES string of the molecule is CN(N=Cc1cc[n+](C)cc1)c1ccc(Cl)cc1.CN(N=Cc1cc[n+](C)cc1)c1ccccc1F.CN(N=Cc1cccc[n+]1C)c1ccccc1. The van der Waals surface area contributed by atoms with Gasteiger partial charge in [0.25, 0.3) is 0 Å². The molecule has 0 atom stereocenters. The number of hydrogen-bond donors (Lipinski definition) is 0. The number of anilines is 3. The quantitative estimate of drug-likeness (QED) is 0.0942. The third kappa shape index (κ3) is 13.4. The van der Waals surface area contributed by atoms with Crippen LogP contribution in [0.25, 0.3) is 0 Å². The highest BCUT2D eigenvalue weighted by atomic mass is 35.5. The van der Waals surface area contributed by atoms with Crippen LogP contribution in [0.4, 0.5) is 21.5 Å². The lowest BCUT2D eigenvalue weighted by atomic mass is 10.3. The van der Waals surface area contributed by atoms with Gasteiger partial charge in [-0.2, -0.15) is 15.3 Å². The minimum atomic E-state index is -0.281. The molecule has 0 N–H and O–H groups in total. The molecule has 0 aliphatic carbocycles. The molecule has 0 saturated heterocycles. The standard InChI is InChI=1S/C14H15ClN3.C14H15FN3.C14H16N3/c1-17-9-7-12(8-10-17)11-16-18(2)14-5-3-13(15)4-6-14;1-17-9-7-12(8-10-17)11-16-18(2)14-6-4-3-5-13(14)15;1-16-11-7-6-10-14(16)12-15-17(2)13-8-4-3-5-9-13/h2*3-11H,1-2H3;3-12H,1-2H3/q3*+1. The molecule has 0 fully saturated rings. The average molecular weight is 731 g/mol. The first-order valence-electron chi connectivity index (χ1n) is 16.8. The molecule has 0 unspecified atom stereocenters. The molecule has 6 aromatic rings. The van der Waals surface area contributed by atoms with E-state index < -0.39 is 0 Å². The Hall–Kier alpha value is -6.26. The van der Waals surface area contributed by atoms with Gasteiger partial charge in [-0.15, -0.1) is 0 Å². The number of hydrogen-bond acceptors (Lipinski definition) is 6. The number of aromatic nitrogens is 3. The van der Waals surface area contributed by atoms with Crippen LogP contribution in [0.2, 0.25) is 5.02 Å². The van der Waals surface area contributed by atoms with Gasteiger partial charge in [-0.1, -0.05) is 41.9 Å². The Morgan fingerprint density at radius 2 is 0.981 bits per heavy atom. The topological polar surface area (TPSA) is 58.4 Å². The third-order valence-corrected chi connectivity index (χ3v) is 8.01. The summed E-state index contributed by atoms with van der Waals surface area (Å²) in [7, 11) is 11.5. The molecule has 0 bridgehead atoms. The number of nitrogens with zero attached hydrogens (tertiary/aromatic N) is 9. The van der Waals surface area contributed by atoms with E-state index in [0.717, 1.165) is 33.2 Å². The van der Waals surface area contributed by atoms with Crippen LogP contribution in [0.1, 0.15) is 16.8 Å². The van der Waals surface area contributed by atoms with Gasteiger partial charge >= 0.3 is 0 Å². The van der Waals surface area contributed by atoms with Crippen LogP contribution in [-0.2, 0) is 21.1 Å². The lowest BCUT2D eigenvalue weighted by Crippen LogP contribution is -2.32. The molecule has 270 valence electrons. The highest BCUT2D eigenvalue weighted by Crippen LogP contribution is 2.18. The van der Waals surface area contributed by atoms with E-state index in [-0.39, 0.29) is 5.82 Å². The zero-order chi connectivity index (χ0) is 38.0. The summed E-state index contributed by atoms with van der Waals surface area (Å²) in [6.07, 6.45) is 15.2. The van der Waals surface area contributed by atoms with Gasteiger partial charge in [0.2, 0.25) is 5.69 Å². The molecular formula is C42H46ClFN9+3. The predicted octanol–water partition coefficient (Wildman–Crippen LogP) is 6.74. The molecule has 11 heteroatoms. The Morgan fingerprint density at radius 3 is 1.53 bits per heavy atom. The number of aryl methyl sites for hydroxylation is 3. The van der Waals surface area contributed by atoms with Crippen molar-refractivity contribution in [2.24, 2.45) is 36.4 Å². The van der Waals surface area contributed by atoms with Crippen LogP contribution in [0.3, 0.4) is 0 Å². The number of hydrazone groups is 3. The minimum Gasteiger partial charge on any atom is -0.269 e. The molecule has 0 aliphatic heterocycles. The van der Waals surface area contributed by atoms with Gasteiger partial charge in [0.1, 0.15) is 33.2 Å². The normalized spacial score (nSPS) is 10.8. The first-order valence-corrected chi connectivity index (χ1v) is 17.2. The molecule has 3 aromatic heterocycles. The summed E-state index contributed by atoms with van der Waals surface area (Å²) in [5.74, 6) is -0.281. The van der Waals surface area contributed by atoms with E-state index in [2.05, 4.69) is 15.3 Å². The van der Waals surface area contributed by atoms with Gasteiger partial charge in [-0.05, 0) is 54.6 Å². The lowest BCUT2D eigenvalue weighted by molar-refractivity contribution is -0.672. The maximum atomic E-state index is 13.5. The van der Waals surface area contributed by atoms with E-state index in [0.29, 0.717) is 5.69 Å². The Morgan fingerprint density at radius 1 is 0.509 bits per heavy atom. The Labute approximate surface area is 317 Å². The number of halogens is 2. The van der Waals surface area contributed by atoms with Crippen molar-refractivity contribution < 1.29 is 18.1 Å². The summed E-state index contributed by atoms with van der Waals surface area (Å²) in [5, 5.41) is 18.9. The Kier molecular flexibility index (Phi) is 15.3. The lowest BCUT2D eigenvalue weighted by Gasteiger charge is -2.13. The monoisotopic (exact) mass is 730 g/mol. The Balaban J connectivity index is 0.000000178. The summed E-state index contributed by atoms with van der Waals surface area (Å²) in [5.41, 5.74) is 5.62. The average Bonchev–Trinajstić information content (AvgIpc) is 3.18. The minimum absolute atomic E-state index is 0.281. The van der Waals surface area contributed by atoms with Crippen molar-refractivity contribution in [2.45, 2.75) is 0 Å². The van der Waals surface area contributed by atoms with Crippen molar-refractivity contribution in [1.29, 1.82) is 0 Å². The molecule has 0 spiro atoms. The van der Waals surface area contributed by atoms with Gasteiger partial charge in [-0.3, -0.25) is 15.0 Å². The second kappa shape index (κ2) is 20.6. The van der Waals surface area contributed by atoms with Crippen LogP contribution in [0.15, 0.2) is 168 Å². The zero-order valence-corrected chi connectivity index (χ0v) is 31.7. The fourth-order valence-electron chi connectivity index (χ4n) is 4.53. The summed E-state index contributed by atoms with van der Waals surface area (Å²) >= 11 is 5.84. The number of para-hydroxylation sites is 2. The van der Waals surface area contributed by atoms with E-state index >= 15 is 0 Å². The molecular weight excluding hydrogens is 685 g/mol. The molecule has 0 saturated carbocycles. The molecule has 53 heavy (non-hydrogen) atoms. The first kappa shape index (κ1) is 39.5. The van der Waals surface area contributed by atoms with Gasteiger partial charge < -0.3 is 0 Å². The summed E-state index contributed by atoms with van der Waals surface area (Å²) in [4.78, 5) is 0. The molecule has 3 aromatic carbocycles. The Bertz CT molecular complexity index is 2070. The molecule has 0 radical (unpaired) electrons.